The molecule has 1 aromatic heterocycles. The normalized spacial score (nSPS) is 13.8. The minimum atomic E-state index is -0.489. The maximum atomic E-state index is 12.7. The lowest BCUT2D eigenvalue weighted by Crippen LogP contribution is -2.32. The number of carbonyl (C=O) groups excluding carboxylic acids is 2. The molecule has 1 atom stereocenters. The van der Waals surface area contributed by atoms with Crippen LogP contribution < -0.4 is 20.7 Å². The molecule has 0 spiro atoms. The number of hydrogen-bond donors (Lipinski definition) is 3. The molecule has 3 aromatic carbocycles. The van der Waals surface area contributed by atoms with Crippen molar-refractivity contribution in [1.82, 2.24) is 15.2 Å². The van der Waals surface area contributed by atoms with Crippen LogP contribution in [-0.2, 0) is 11.3 Å². The van der Waals surface area contributed by atoms with E-state index < -0.39 is 12.1 Å². The molecule has 10 nitrogen and oxygen atoms in total. The van der Waals surface area contributed by atoms with E-state index in [0.717, 1.165) is 29.8 Å². The van der Waals surface area contributed by atoms with E-state index in [4.69, 9.17) is 13.9 Å². The fourth-order valence-electron chi connectivity index (χ4n) is 4.80. The number of nitrogens with zero attached hydrogens (tertiary/aromatic N) is 2. The fraction of sp³-hybridized carbons (Fsp3) is 0.258. The van der Waals surface area contributed by atoms with E-state index in [1.165, 1.54) is 19.2 Å². The fourth-order valence-corrected chi connectivity index (χ4v) is 4.80. The van der Waals surface area contributed by atoms with E-state index in [-0.39, 0.29) is 12.6 Å². The van der Waals surface area contributed by atoms with Crippen molar-refractivity contribution in [3.63, 3.8) is 0 Å². The van der Waals surface area contributed by atoms with Gasteiger partial charge < -0.3 is 29.8 Å². The molecule has 3 N–H and O–H groups in total. The number of nitrogens with one attached hydrogen (secondary N) is 3. The van der Waals surface area contributed by atoms with Gasteiger partial charge in [-0.15, -0.1) is 0 Å². The summed E-state index contributed by atoms with van der Waals surface area (Å²) in [6, 6.07) is 21.9. The summed E-state index contributed by atoms with van der Waals surface area (Å²) in [6.45, 7) is 2.95. The lowest BCUT2D eigenvalue weighted by molar-refractivity contribution is 0.0748. The second kappa shape index (κ2) is 13.5. The molecule has 1 aliphatic heterocycles. The lowest BCUT2D eigenvalue weighted by Gasteiger charge is -2.24. The Hall–Kier alpha value is -4.83. The van der Waals surface area contributed by atoms with Crippen molar-refractivity contribution >= 4 is 23.5 Å². The number of anilines is 2. The molecular formula is C31H33N5O5. The molecular weight excluding hydrogens is 522 g/mol. The Labute approximate surface area is 238 Å². The summed E-state index contributed by atoms with van der Waals surface area (Å²) >= 11 is 0. The number of urea groups is 1. The number of oxazole rings is 1. The number of methoxy groups -OCH3 is 1. The number of amides is 3. The van der Waals surface area contributed by atoms with Gasteiger partial charge in [0.25, 0.3) is 0 Å². The monoisotopic (exact) mass is 555 g/mol. The molecule has 3 amide bonds. The van der Waals surface area contributed by atoms with Crippen LogP contribution in [0.1, 0.15) is 30.1 Å². The zero-order chi connectivity index (χ0) is 28.4. The highest BCUT2D eigenvalue weighted by Gasteiger charge is 2.22. The van der Waals surface area contributed by atoms with Crippen LogP contribution in [0.25, 0.3) is 11.3 Å². The van der Waals surface area contributed by atoms with Gasteiger partial charge in [-0.1, -0.05) is 42.5 Å². The summed E-state index contributed by atoms with van der Waals surface area (Å²) in [5.41, 5.74) is 3.63. The summed E-state index contributed by atoms with van der Waals surface area (Å²) in [5, 5.41) is 8.47. The van der Waals surface area contributed by atoms with Crippen LogP contribution in [0.5, 0.6) is 5.75 Å². The van der Waals surface area contributed by atoms with Gasteiger partial charge in [-0.3, -0.25) is 4.90 Å². The summed E-state index contributed by atoms with van der Waals surface area (Å²) in [6.07, 6.45) is 4.43. The van der Waals surface area contributed by atoms with Crippen LogP contribution in [0.15, 0.2) is 89.8 Å². The van der Waals surface area contributed by atoms with Gasteiger partial charge in [0.1, 0.15) is 11.9 Å². The van der Waals surface area contributed by atoms with Crippen molar-refractivity contribution in [3.05, 3.63) is 96.5 Å². The van der Waals surface area contributed by atoms with Crippen LogP contribution in [0.3, 0.4) is 0 Å². The van der Waals surface area contributed by atoms with Crippen LogP contribution in [0, 0.1) is 0 Å². The van der Waals surface area contributed by atoms with E-state index in [1.54, 1.807) is 43.6 Å². The number of benzene rings is 3. The molecule has 10 heteroatoms. The first-order valence-corrected chi connectivity index (χ1v) is 13.5. The first kappa shape index (κ1) is 27.7. The predicted octanol–water partition coefficient (Wildman–Crippen LogP) is 6.06. The van der Waals surface area contributed by atoms with Crippen LogP contribution in [-0.4, -0.2) is 48.8 Å². The van der Waals surface area contributed by atoms with Crippen molar-refractivity contribution < 1.29 is 23.5 Å². The van der Waals surface area contributed by atoms with Crippen molar-refractivity contribution in [2.45, 2.75) is 25.5 Å². The highest BCUT2D eigenvalue weighted by atomic mass is 16.6. The Morgan fingerprint density at radius 3 is 2.49 bits per heavy atom. The molecule has 2 heterocycles. The van der Waals surface area contributed by atoms with E-state index in [1.807, 2.05) is 42.5 Å². The van der Waals surface area contributed by atoms with Crippen LogP contribution in [0.2, 0.25) is 0 Å². The van der Waals surface area contributed by atoms with Gasteiger partial charge >= 0.3 is 12.1 Å². The summed E-state index contributed by atoms with van der Waals surface area (Å²) < 4.78 is 16.6. The SMILES string of the molecule is COc1cc(NC(=O)Nc2cccc(CNC(=O)O[C@H](CN3CCCC3)c3ccccc3)c2)ccc1-c1cnco1. The average molecular weight is 556 g/mol. The molecule has 0 unspecified atom stereocenters. The molecule has 0 aliphatic carbocycles. The third-order valence-electron chi connectivity index (χ3n) is 6.82. The second-order valence-corrected chi connectivity index (χ2v) is 9.73. The smallest absolute Gasteiger partial charge is 0.408 e. The Morgan fingerprint density at radius 2 is 1.76 bits per heavy atom. The van der Waals surface area contributed by atoms with E-state index in [9.17, 15) is 9.59 Å². The molecule has 1 aliphatic rings. The number of rotatable bonds is 10. The van der Waals surface area contributed by atoms with Gasteiger partial charge in [-0.2, -0.15) is 0 Å². The third kappa shape index (κ3) is 7.64. The minimum Gasteiger partial charge on any atom is -0.496 e. The molecule has 41 heavy (non-hydrogen) atoms. The quantitative estimate of drug-likeness (QED) is 0.218. The number of hydrogen-bond acceptors (Lipinski definition) is 7. The van der Waals surface area contributed by atoms with Gasteiger partial charge in [-0.05, 0) is 61.3 Å². The predicted molar refractivity (Wildman–Crippen MR) is 156 cm³/mol. The topological polar surface area (TPSA) is 118 Å². The summed E-state index contributed by atoms with van der Waals surface area (Å²) in [7, 11) is 1.55. The van der Waals surface area contributed by atoms with Gasteiger partial charge in [0, 0.05) is 30.5 Å². The van der Waals surface area contributed by atoms with Gasteiger partial charge in [0.05, 0.1) is 18.9 Å². The van der Waals surface area contributed by atoms with E-state index >= 15 is 0 Å². The highest BCUT2D eigenvalue weighted by Crippen LogP contribution is 2.32. The number of likely N-dealkylation sites (tertiary alicyclic amines) is 1. The average Bonchev–Trinajstić information content (AvgIpc) is 3.71. The van der Waals surface area contributed by atoms with Crippen molar-refractivity contribution in [2.24, 2.45) is 0 Å². The van der Waals surface area contributed by atoms with Crippen molar-refractivity contribution in [1.29, 1.82) is 0 Å². The Bertz CT molecular complexity index is 1440. The van der Waals surface area contributed by atoms with Crippen LogP contribution >= 0.6 is 0 Å². The first-order chi connectivity index (χ1) is 20.1. The zero-order valence-corrected chi connectivity index (χ0v) is 22.8. The molecule has 1 saturated heterocycles. The zero-order valence-electron chi connectivity index (χ0n) is 22.8. The highest BCUT2D eigenvalue weighted by molar-refractivity contribution is 6.00. The first-order valence-electron chi connectivity index (χ1n) is 13.5. The van der Waals surface area contributed by atoms with Crippen molar-refractivity contribution in [3.8, 4) is 17.1 Å². The Balaban J connectivity index is 1.15. The van der Waals surface area contributed by atoms with Gasteiger partial charge in [0.15, 0.2) is 12.2 Å². The third-order valence-corrected chi connectivity index (χ3v) is 6.82. The lowest BCUT2D eigenvalue weighted by atomic mass is 10.1. The molecule has 4 aromatic rings. The number of ether oxygens (including phenoxy) is 2. The number of alkyl carbamates (subject to hydrolysis) is 1. The van der Waals surface area contributed by atoms with Crippen LogP contribution in [0.4, 0.5) is 21.0 Å². The van der Waals surface area contributed by atoms with Crippen molar-refractivity contribution in [2.75, 3.05) is 37.4 Å². The maximum Gasteiger partial charge on any atom is 0.408 e. The molecule has 5 rings (SSSR count). The van der Waals surface area contributed by atoms with Gasteiger partial charge in [0.2, 0.25) is 0 Å². The molecule has 0 bridgehead atoms. The molecule has 0 radical (unpaired) electrons. The Morgan fingerprint density at radius 1 is 0.976 bits per heavy atom. The number of aromatic nitrogens is 1. The van der Waals surface area contributed by atoms with E-state index in [2.05, 4.69) is 25.8 Å². The standard InChI is InChI=1S/C31H33N5O5/c1-39-27-17-25(12-13-26(27)28-19-32-21-40-28)35-30(37)34-24-11-7-8-22(16-24)18-33-31(38)41-29(20-36-14-5-6-15-36)23-9-3-2-4-10-23/h2-4,7-13,16-17,19,21,29H,5-6,14-15,18,20H2,1H3,(H,33,38)(H2,34,35,37)/t29-/m1/s1. The molecule has 0 saturated carbocycles. The second-order valence-electron chi connectivity index (χ2n) is 9.73. The maximum absolute atomic E-state index is 12.7. The minimum absolute atomic E-state index is 0.251. The largest absolute Gasteiger partial charge is 0.496 e. The number of carbonyl (C=O) groups is 2. The molecule has 212 valence electrons. The van der Waals surface area contributed by atoms with E-state index in [0.29, 0.717) is 29.4 Å². The summed E-state index contributed by atoms with van der Waals surface area (Å²) in [5.74, 6) is 1.10. The molecule has 1 fully saturated rings. The van der Waals surface area contributed by atoms with Gasteiger partial charge in [-0.25, -0.2) is 14.6 Å². The summed E-state index contributed by atoms with van der Waals surface area (Å²) in [4.78, 5) is 31.7. The Kier molecular flexibility index (Phi) is 9.12.